The number of halogens is 1. The van der Waals surface area contributed by atoms with Gasteiger partial charge in [0.2, 0.25) is 5.13 Å². The van der Waals surface area contributed by atoms with Crippen LogP contribution in [0, 0.1) is 6.92 Å². The Morgan fingerprint density at radius 2 is 2.16 bits per heavy atom. The van der Waals surface area contributed by atoms with Crippen LogP contribution in [0.25, 0.3) is 0 Å². The molecule has 0 spiro atoms. The second-order valence-corrected chi connectivity index (χ2v) is 6.11. The highest BCUT2D eigenvalue weighted by Gasteiger charge is 2.16. The molecule has 1 N–H and O–H groups in total. The van der Waals surface area contributed by atoms with Crippen LogP contribution in [0.15, 0.2) is 17.2 Å². The van der Waals surface area contributed by atoms with Gasteiger partial charge in [0.25, 0.3) is 0 Å². The molecule has 9 heteroatoms. The molecule has 0 bridgehead atoms. The average molecular weight is 384 g/mol. The summed E-state index contributed by atoms with van der Waals surface area (Å²) < 4.78 is 15.4. The SMILES string of the molecule is CCOC(=O)c1sc(N/N=C\c2ccc(OC)c(OC)c2Cl)nc1C. The minimum absolute atomic E-state index is 0.314. The second-order valence-electron chi connectivity index (χ2n) is 4.73. The zero-order chi connectivity index (χ0) is 18.4. The van der Waals surface area contributed by atoms with Crippen LogP contribution in [0.2, 0.25) is 5.02 Å². The van der Waals surface area contributed by atoms with Crippen LogP contribution in [0.5, 0.6) is 11.5 Å². The molecule has 2 rings (SSSR count). The molecule has 0 atom stereocenters. The van der Waals surface area contributed by atoms with Crippen LogP contribution in [-0.2, 0) is 4.74 Å². The van der Waals surface area contributed by atoms with Crippen LogP contribution in [0.4, 0.5) is 5.13 Å². The number of aromatic nitrogens is 1. The van der Waals surface area contributed by atoms with E-state index in [0.717, 1.165) is 0 Å². The van der Waals surface area contributed by atoms with E-state index in [1.165, 1.54) is 31.8 Å². The second kappa shape index (κ2) is 8.68. The van der Waals surface area contributed by atoms with Crippen molar-refractivity contribution in [2.45, 2.75) is 13.8 Å². The molecule has 0 amide bonds. The van der Waals surface area contributed by atoms with Gasteiger partial charge in [0.05, 0.1) is 37.8 Å². The van der Waals surface area contributed by atoms with Crippen LogP contribution >= 0.6 is 22.9 Å². The van der Waals surface area contributed by atoms with Crippen molar-refractivity contribution < 1.29 is 19.0 Å². The summed E-state index contributed by atoms with van der Waals surface area (Å²) in [7, 11) is 3.05. The number of hydrazone groups is 1. The third kappa shape index (κ3) is 4.40. The fourth-order valence-electron chi connectivity index (χ4n) is 1.99. The van der Waals surface area contributed by atoms with Gasteiger partial charge in [-0.1, -0.05) is 22.9 Å². The summed E-state index contributed by atoms with van der Waals surface area (Å²) in [5.41, 5.74) is 4.02. The lowest BCUT2D eigenvalue weighted by Crippen LogP contribution is -2.03. The van der Waals surface area contributed by atoms with Gasteiger partial charge in [-0.05, 0) is 26.0 Å². The van der Waals surface area contributed by atoms with Gasteiger partial charge in [0, 0.05) is 5.56 Å². The van der Waals surface area contributed by atoms with E-state index in [9.17, 15) is 4.79 Å². The number of hydrogen-bond acceptors (Lipinski definition) is 8. The highest BCUT2D eigenvalue weighted by atomic mass is 35.5. The first kappa shape index (κ1) is 19.0. The highest BCUT2D eigenvalue weighted by molar-refractivity contribution is 7.17. The average Bonchev–Trinajstić information content (AvgIpc) is 2.97. The molecule has 25 heavy (non-hydrogen) atoms. The van der Waals surface area contributed by atoms with E-state index in [0.29, 0.717) is 44.4 Å². The zero-order valence-corrected chi connectivity index (χ0v) is 15.8. The van der Waals surface area contributed by atoms with Crippen molar-refractivity contribution in [2.75, 3.05) is 26.3 Å². The molecule has 0 radical (unpaired) electrons. The van der Waals surface area contributed by atoms with E-state index in [1.54, 1.807) is 26.0 Å². The van der Waals surface area contributed by atoms with Crippen LogP contribution < -0.4 is 14.9 Å². The van der Waals surface area contributed by atoms with Crippen molar-refractivity contribution in [1.82, 2.24) is 4.98 Å². The molecule has 0 saturated carbocycles. The van der Waals surface area contributed by atoms with Crippen LogP contribution in [0.3, 0.4) is 0 Å². The number of methoxy groups -OCH3 is 2. The number of hydrogen-bond donors (Lipinski definition) is 1. The molecule has 0 aliphatic carbocycles. The Morgan fingerprint density at radius 1 is 1.40 bits per heavy atom. The number of anilines is 1. The van der Waals surface area contributed by atoms with E-state index < -0.39 is 5.97 Å². The molecule has 7 nitrogen and oxygen atoms in total. The molecule has 1 heterocycles. The Balaban J connectivity index is 2.14. The Kier molecular flexibility index (Phi) is 6.60. The molecule has 0 aliphatic heterocycles. The lowest BCUT2D eigenvalue weighted by atomic mass is 10.2. The predicted octanol–water partition coefficient (Wildman–Crippen LogP) is 3.74. The quantitative estimate of drug-likeness (QED) is 0.445. The van der Waals surface area contributed by atoms with Gasteiger partial charge in [0.1, 0.15) is 4.88 Å². The number of carbonyl (C=O) groups is 1. The predicted molar refractivity (Wildman–Crippen MR) is 98.6 cm³/mol. The molecule has 134 valence electrons. The Hall–Kier alpha value is -2.32. The summed E-state index contributed by atoms with van der Waals surface area (Å²) in [6.45, 7) is 3.81. The lowest BCUT2D eigenvalue weighted by Gasteiger charge is -2.10. The smallest absolute Gasteiger partial charge is 0.350 e. The Morgan fingerprint density at radius 3 is 2.80 bits per heavy atom. The number of rotatable bonds is 7. The number of carbonyl (C=O) groups excluding carboxylic acids is 1. The van der Waals surface area contributed by atoms with Crippen molar-refractivity contribution >= 4 is 40.3 Å². The molecular weight excluding hydrogens is 366 g/mol. The van der Waals surface area contributed by atoms with Gasteiger partial charge in [0.15, 0.2) is 11.5 Å². The maximum Gasteiger partial charge on any atom is 0.350 e. The molecule has 0 unspecified atom stereocenters. The van der Waals surface area contributed by atoms with Crippen molar-refractivity contribution in [3.63, 3.8) is 0 Å². The van der Waals surface area contributed by atoms with Crippen LogP contribution in [-0.4, -0.2) is 38.0 Å². The first-order chi connectivity index (χ1) is 12.0. The Bertz CT molecular complexity index is 792. The van der Waals surface area contributed by atoms with Crippen molar-refractivity contribution in [3.8, 4) is 11.5 Å². The summed E-state index contributed by atoms with van der Waals surface area (Å²) in [5, 5.41) is 4.97. The van der Waals surface area contributed by atoms with Crippen molar-refractivity contribution in [3.05, 3.63) is 33.3 Å². The minimum atomic E-state index is -0.391. The van der Waals surface area contributed by atoms with Gasteiger partial charge < -0.3 is 14.2 Å². The van der Waals surface area contributed by atoms with Gasteiger partial charge >= 0.3 is 5.97 Å². The summed E-state index contributed by atoms with van der Waals surface area (Å²) >= 11 is 7.45. The molecule has 0 aliphatic rings. The van der Waals surface area contributed by atoms with E-state index in [4.69, 9.17) is 25.8 Å². The fourth-order valence-corrected chi connectivity index (χ4v) is 3.08. The number of nitrogens with zero attached hydrogens (tertiary/aromatic N) is 2. The first-order valence-corrected chi connectivity index (χ1v) is 8.55. The number of ether oxygens (including phenoxy) is 3. The minimum Gasteiger partial charge on any atom is -0.493 e. The third-order valence-electron chi connectivity index (χ3n) is 3.14. The van der Waals surface area contributed by atoms with Crippen molar-refractivity contribution in [1.29, 1.82) is 0 Å². The summed E-state index contributed by atoms with van der Waals surface area (Å²) in [6, 6.07) is 3.49. The van der Waals surface area contributed by atoms with Gasteiger partial charge in [-0.3, -0.25) is 5.43 Å². The third-order valence-corrected chi connectivity index (χ3v) is 4.57. The first-order valence-electron chi connectivity index (χ1n) is 7.35. The number of thiazole rings is 1. The largest absolute Gasteiger partial charge is 0.493 e. The maximum absolute atomic E-state index is 11.8. The van der Waals surface area contributed by atoms with E-state index in [2.05, 4.69) is 15.5 Å². The molecule has 2 aromatic rings. The van der Waals surface area contributed by atoms with Crippen LogP contribution in [0.1, 0.15) is 27.9 Å². The molecular formula is C16H18ClN3O4S. The van der Waals surface area contributed by atoms with E-state index in [-0.39, 0.29) is 0 Å². The Labute approximate surface area is 154 Å². The molecule has 1 aromatic carbocycles. The fraction of sp³-hybridized carbons (Fsp3) is 0.312. The zero-order valence-electron chi connectivity index (χ0n) is 14.3. The standard InChI is InChI=1S/C16H18ClN3O4S/c1-5-24-15(21)14-9(2)19-16(25-14)20-18-8-10-6-7-11(22-3)13(23-4)12(10)17/h6-8H,5H2,1-4H3,(H,19,20)/b18-8-. The molecule has 1 aromatic heterocycles. The lowest BCUT2D eigenvalue weighted by molar-refractivity contribution is 0.0531. The summed E-state index contributed by atoms with van der Waals surface area (Å²) in [5.74, 6) is 0.576. The number of benzene rings is 1. The number of aryl methyl sites for hydroxylation is 1. The van der Waals surface area contributed by atoms with E-state index in [1.807, 2.05) is 0 Å². The highest BCUT2D eigenvalue weighted by Crippen LogP contribution is 2.36. The van der Waals surface area contributed by atoms with Gasteiger partial charge in [-0.25, -0.2) is 9.78 Å². The molecule has 0 fully saturated rings. The van der Waals surface area contributed by atoms with Crippen molar-refractivity contribution in [2.24, 2.45) is 5.10 Å². The number of nitrogens with one attached hydrogen (secondary N) is 1. The topological polar surface area (TPSA) is 82.0 Å². The maximum atomic E-state index is 11.8. The normalized spacial score (nSPS) is 10.8. The monoisotopic (exact) mass is 383 g/mol. The van der Waals surface area contributed by atoms with Gasteiger partial charge in [-0.15, -0.1) is 0 Å². The summed E-state index contributed by atoms with van der Waals surface area (Å²) in [4.78, 5) is 16.5. The molecule has 0 saturated heterocycles. The van der Waals surface area contributed by atoms with E-state index >= 15 is 0 Å². The van der Waals surface area contributed by atoms with Gasteiger partial charge in [-0.2, -0.15) is 5.10 Å². The summed E-state index contributed by atoms with van der Waals surface area (Å²) in [6.07, 6.45) is 1.53. The number of esters is 1.